The molecule has 2 saturated heterocycles. The fourth-order valence-electron chi connectivity index (χ4n) is 2.52. The Balaban J connectivity index is 2.13. The van der Waals surface area contributed by atoms with Crippen molar-refractivity contribution in [1.29, 1.82) is 0 Å². The summed E-state index contributed by atoms with van der Waals surface area (Å²) in [7, 11) is 1.34. The summed E-state index contributed by atoms with van der Waals surface area (Å²) in [4.78, 5) is 36.2. The van der Waals surface area contributed by atoms with Gasteiger partial charge in [0.2, 0.25) is 11.8 Å². The van der Waals surface area contributed by atoms with Crippen molar-refractivity contribution in [2.45, 2.75) is 37.8 Å². The highest BCUT2D eigenvalue weighted by Crippen LogP contribution is 2.23. The monoisotopic (exact) mass is 240 g/mol. The summed E-state index contributed by atoms with van der Waals surface area (Å²) in [6.45, 7) is 0.658. The summed E-state index contributed by atoms with van der Waals surface area (Å²) in [5.41, 5.74) is 0. The fourth-order valence-corrected chi connectivity index (χ4v) is 2.52. The van der Waals surface area contributed by atoms with Crippen LogP contribution < -0.4 is 5.32 Å². The number of esters is 1. The van der Waals surface area contributed by atoms with Gasteiger partial charge in [0.05, 0.1) is 19.6 Å². The predicted molar refractivity (Wildman–Crippen MR) is 57.9 cm³/mol. The molecule has 0 saturated carbocycles. The van der Waals surface area contributed by atoms with Crippen molar-refractivity contribution in [3.63, 3.8) is 0 Å². The maximum atomic E-state index is 11.6. The number of likely N-dealkylation sites (tertiary alicyclic amines) is 1. The topological polar surface area (TPSA) is 75.7 Å². The van der Waals surface area contributed by atoms with E-state index in [9.17, 15) is 14.4 Å². The van der Waals surface area contributed by atoms with E-state index in [1.54, 1.807) is 4.90 Å². The number of nitrogens with one attached hydrogen (secondary N) is 1. The minimum Gasteiger partial charge on any atom is -0.468 e. The van der Waals surface area contributed by atoms with Crippen molar-refractivity contribution in [2.75, 3.05) is 13.7 Å². The molecule has 2 heterocycles. The number of hydrogen-bond donors (Lipinski definition) is 1. The van der Waals surface area contributed by atoms with E-state index < -0.39 is 12.1 Å². The highest BCUT2D eigenvalue weighted by molar-refractivity contribution is 6.05. The number of carbonyl (C=O) groups is 3. The first-order valence-electron chi connectivity index (χ1n) is 5.80. The molecular weight excluding hydrogens is 224 g/mol. The Morgan fingerprint density at radius 2 is 2.18 bits per heavy atom. The summed E-state index contributed by atoms with van der Waals surface area (Å²) < 4.78 is 4.74. The van der Waals surface area contributed by atoms with E-state index in [1.807, 2.05) is 0 Å². The van der Waals surface area contributed by atoms with Gasteiger partial charge in [-0.25, -0.2) is 0 Å². The van der Waals surface area contributed by atoms with Crippen molar-refractivity contribution in [3.05, 3.63) is 0 Å². The van der Waals surface area contributed by atoms with Gasteiger partial charge in [0, 0.05) is 0 Å². The van der Waals surface area contributed by atoms with Gasteiger partial charge in [0.1, 0.15) is 6.04 Å². The number of hydrogen-bond acceptors (Lipinski definition) is 5. The third-order valence-corrected chi connectivity index (χ3v) is 3.36. The Morgan fingerprint density at radius 3 is 2.76 bits per heavy atom. The van der Waals surface area contributed by atoms with Crippen molar-refractivity contribution in [2.24, 2.45) is 0 Å². The lowest BCUT2D eigenvalue weighted by Crippen LogP contribution is -2.52. The van der Waals surface area contributed by atoms with Gasteiger partial charge in [-0.3, -0.25) is 24.6 Å². The molecule has 1 N–H and O–H groups in total. The van der Waals surface area contributed by atoms with Crippen LogP contribution in [0.3, 0.4) is 0 Å². The van der Waals surface area contributed by atoms with Crippen LogP contribution in [0.2, 0.25) is 0 Å². The Morgan fingerprint density at radius 1 is 1.41 bits per heavy atom. The van der Waals surface area contributed by atoms with Crippen LogP contribution in [0.5, 0.6) is 0 Å². The van der Waals surface area contributed by atoms with Crippen molar-refractivity contribution in [3.8, 4) is 0 Å². The first-order valence-corrected chi connectivity index (χ1v) is 5.80. The molecule has 6 heteroatoms. The van der Waals surface area contributed by atoms with E-state index in [2.05, 4.69) is 5.32 Å². The van der Waals surface area contributed by atoms with E-state index in [0.29, 0.717) is 13.0 Å². The molecule has 0 aromatic carbocycles. The maximum absolute atomic E-state index is 11.6. The molecule has 0 radical (unpaired) electrons. The molecule has 2 atom stereocenters. The fraction of sp³-hybridized carbons (Fsp3) is 0.727. The number of methoxy groups -OCH3 is 1. The second-order valence-electron chi connectivity index (χ2n) is 4.40. The molecule has 0 aromatic rings. The van der Waals surface area contributed by atoms with Crippen LogP contribution in [0.25, 0.3) is 0 Å². The second-order valence-corrected chi connectivity index (χ2v) is 4.40. The molecule has 1 unspecified atom stereocenters. The van der Waals surface area contributed by atoms with E-state index >= 15 is 0 Å². The molecule has 0 aromatic heterocycles. The lowest BCUT2D eigenvalue weighted by Gasteiger charge is -2.36. The van der Waals surface area contributed by atoms with Gasteiger partial charge in [0.15, 0.2) is 0 Å². The molecule has 17 heavy (non-hydrogen) atoms. The number of carbonyl (C=O) groups excluding carboxylic acids is 3. The van der Waals surface area contributed by atoms with E-state index in [1.165, 1.54) is 7.11 Å². The highest BCUT2D eigenvalue weighted by Gasteiger charge is 2.42. The predicted octanol–water partition coefficient (Wildman–Crippen LogP) is -0.571. The van der Waals surface area contributed by atoms with Gasteiger partial charge in [-0.2, -0.15) is 0 Å². The number of ether oxygens (including phenoxy) is 1. The molecule has 2 fully saturated rings. The summed E-state index contributed by atoms with van der Waals surface area (Å²) in [6, 6.07) is -0.901. The smallest absolute Gasteiger partial charge is 0.323 e. The Labute approximate surface area is 99.3 Å². The van der Waals surface area contributed by atoms with E-state index in [0.717, 1.165) is 12.8 Å². The van der Waals surface area contributed by atoms with Gasteiger partial charge in [0.25, 0.3) is 0 Å². The summed E-state index contributed by atoms with van der Waals surface area (Å²) >= 11 is 0. The molecule has 2 aliphatic heterocycles. The van der Waals surface area contributed by atoms with Gasteiger partial charge in [-0.15, -0.1) is 0 Å². The van der Waals surface area contributed by atoms with Crippen molar-refractivity contribution in [1.82, 2.24) is 10.2 Å². The zero-order valence-corrected chi connectivity index (χ0v) is 9.77. The Kier molecular flexibility index (Phi) is 3.42. The number of amides is 2. The molecule has 6 nitrogen and oxygen atoms in total. The van der Waals surface area contributed by atoms with E-state index in [4.69, 9.17) is 4.74 Å². The number of nitrogens with zero attached hydrogens (tertiary/aromatic N) is 1. The van der Waals surface area contributed by atoms with Gasteiger partial charge < -0.3 is 4.74 Å². The van der Waals surface area contributed by atoms with E-state index in [-0.39, 0.29) is 24.2 Å². The van der Waals surface area contributed by atoms with Crippen molar-refractivity contribution >= 4 is 17.8 Å². The van der Waals surface area contributed by atoms with Gasteiger partial charge in [-0.1, -0.05) is 6.42 Å². The minimum atomic E-state index is -0.508. The molecule has 0 spiro atoms. The first-order chi connectivity index (χ1) is 8.13. The molecule has 2 rings (SSSR count). The van der Waals surface area contributed by atoms with Gasteiger partial charge in [-0.05, 0) is 19.4 Å². The average Bonchev–Trinajstić information content (AvgIpc) is 2.67. The van der Waals surface area contributed by atoms with Crippen LogP contribution in [0, 0.1) is 0 Å². The Bertz CT molecular complexity index is 355. The second kappa shape index (κ2) is 4.83. The lowest BCUT2D eigenvalue weighted by atomic mass is 9.99. The minimum absolute atomic E-state index is 0.145. The standard InChI is InChI=1S/C11H16N2O4/c1-17-11(16)7-4-2-3-5-13(7)8-6-9(14)12-10(8)15/h7-8H,2-6H2,1H3,(H,12,14,15)/t7-,8?/m1/s1. The number of piperidine rings is 1. The maximum Gasteiger partial charge on any atom is 0.323 e. The molecule has 2 aliphatic rings. The normalized spacial score (nSPS) is 30.2. The Hall–Kier alpha value is -1.43. The van der Waals surface area contributed by atoms with Crippen LogP contribution in [0.4, 0.5) is 0 Å². The molecule has 0 aliphatic carbocycles. The summed E-state index contributed by atoms with van der Waals surface area (Å²) in [6.07, 6.45) is 2.71. The first kappa shape index (κ1) is 12.0. The molecule has 94 valence electrons. The van der Waals surface area contributed by atoms with Crippen LogP contribution in [-0.4, -0.2) is 48.4 Å². The van der Waals surface area contributed by atoms with Crippen LogP contribution in [0.15, 0.2) is 0 Å². The number of imide groups is 1. The average molecular weight is 240 g/mol. The van der Waals surface area contributed by atoms with Crippen LogP contribution in [0.1, 0.15) is 25.7 Å². The summed E-state index contributed by atoms with van der Waals surface area (Å²) in [5, 5.41) is 2.27. The van der Waals surface area contributed by atoms with Crippen LogP contribution in [-0.2, 0) is 19.1 Å². The number of rotatable bonds is 2. The van der Waals surface area contributed by atoms with Gasteiger partial charge >= 0.3 is 5.97 Å². The quantitative estimate of drug-likeness (QED) is 0.516. The third-order valence-electron chi connectivity index (χ3n) is 3.36. The van der Waals surface area contributed by atoms with Crippen molar-refractivity contribution < 1.29 is 19.1 Å². The SMILES string of the molecule is COC(=O)[C@H]1CCCCN1C1CC(=O)NC1=O. The van der Waals surface area contributed by atoms with Crippen LogP contribution >= 0.6 is 0 Å². The summed E-state index contributed by atoms with van der Waals surface area (Å²) in [5.74, 6) is -0.892. The third kappa shape index (κ3) is 2.31. The molecule has 2 amide bonds. The zero-order valence-electron chi connectivity index (χ0n) is 9.77. The highest BCUT2D eigenvalue weighted by atomic mass is 16.5. The lowest BCUT2D eigenvalue weighted by molar-refractivity contribution is -0.150. The zero-order chi connectivity index (χ0) is 12.4. The molecule has 0 bridgehead atoms. The molecular formula is C11H16N2O4. The largest absolute Gasteiger partial charge is 0.468 e.